The van der Waals surface area contributed by atoms with Crippen molar-refractivity contribution in [2.75, 3.05) is 7.11 Å². The molecule has 1 aromatic rings. The van der Waals surface area contributed by atoms with Gasteiger partial charge in [0.1, 0.15) is 5.15 Å². The molecule has 0 fully saturated rings. The van der Waals surface area contributed by atoms with Crippen molar-refractivity contribution >= 4 is 28.7 Å². The normalized spacial score (nSPS) is 11.4. The number of rotatable bonds is 2. The molecule has 1 unspecified atom stereocenters. The molecule has 8 heteroatoms. The Bertz CT molecular complexity index is 401. The molecule has 1 heterocycles. The fourth-order valence-corrected chi connectivity index (χ4v) is 1.41. The average molecular weight is 258 g/mol. The molecule has 76 valence electrons. The number of carbonyl (C=O) groups is 1. The molecule has 0 aliphatic heterocycles. The van der Waals surface area contributed by atoms with Crippen LogP contribution >= 0.6 is 11.6 Å². The van der Waals surface area contributed by atoms with Crippen LogP contribution < -0.4 is 29.6 Å². The number of ether oxygens (including phenoxy) is 1. The minimum atomic E-state index is -2.54. The second-order valence-corrected chi connectivity index (χ2v) is 3.50. The Kier molecular flexibility index (Phi) is 6.58. The molecule has 15 heavy (non-hydrogen) atoms. The molecule has 5 nitrogen and oxygen atoms in total. The number of carbonyl (C=O) groups excluding carboxylic acids is 1. The first-order chi connectivity index (χ1) is 6.56. The summed E-state index contributed by atoms with van der Waals surface area (Å²) < 4.78 is 25.7. The van der Waals surface area contributed by atoms with Crippen LogP contribution in [0.4, 0.5) is 0 Å². The van der Waals surface area contributed by atoms with Crippen LogP contribution in [0.25, 0.3) is 0 Å². The van der Waals surface area contributed by atoms with Gasteiger partial charge in [-0.3, -0.25) is 4.21 Å². The molecule has 0 radical (unpaired) electrons. The van der Waals surface area contributed by atoms with E-state index in [1.807, 2.05) is 0 Å². The van der Waals surface area contributed by atoms with Crippen molar-refractivity contribution in [3.05, 3.63) is 23.0 Å². The Morgan fingerprint density at radius 1 is 1.60 bits per heavy atom. The molecular formula is C7H5ClNNaO4S. The van der Waals surface area contributed by atoms with Gasteiger partial charge in [0.15, 0.2) is 5.69 Å². The van der Waals surface area contributed by atoms with Crippen LogP contribution in [0.5, 0.6) is 0 Å². The van der Waals surface area contributed by atoms with Crippen molar-refractivity contribution in [2.45, 2.75) is 4.90 Å². The number of nitrogens with zero attached hydrogens (tertiary/aromatic N) is 1. The molecule has 0 aromatic carbocycles. The topological polar surface area (TPSA) is 79.3 Å². The number of methoxy groups -OCH3 is 1. The quantitative estimate of drug-likeness (QED) is 0.259. The third-order valence-electron chi connectivity index (χ3n) is 1.38. The Hall–Kier alpha value is 0.0200. The SMILES string of the molecule is COC(=O)c1nc(Cl)ccc1S(=O)[O-].[Na+]. The summed E-state index contributed by atoms with van der Waals surface area (Å²) in [6.07, 6.45) is 0. The molecule has 0 saturated carbocycles. The van der Waals surface area contributed by atoms with E-state index in [-0.39, 0.29) is 45.3 Å². The fourth-order valence-electron chi connectivity index (χ4n) is 0.800. The molecule has 0 bridgehead atoms. The molecule has 1 rings (SSSR count). The first-order valence-corrected chi connectivity index (χ1v) is 4.85. The Morgan fingerprint density at radius 2 is 2.20 bits per heavy atom. The van der Waals surface area contributed by atoms with Gasteiger partial charge in [-0.15, -0.1) is 0 Å². The van der Waals surface area contributed by atoms with Gasteiger partial charge in [-0.05, 0) is 23.2 Å². The molecule has 0 aliphatic carbocycles. The van der Waals surface area contributed by atoms with Gasteiger partial charge >= 0.3 is 35.5 Å². The number of aromatic nitrogens is 1. The second-order valence-electron chi connectivity index (χ2n) is 2.21. The average Bonchev–Trinajstić information content (AvgIpc) is 2.16. The van der Waals surface area contributed by atoms with E-state index in [4.69, 9.17) is 11.6 Å². The van der Waals surface area contributed by atoms with E-state index in [2.05, 4.69) is 9.72 Å². The fraction of sp³-hybridized carbons (Fsp3) is 0.143. The van der Waals surface area contributed by atoms with Crippen molar-refractivity contribution in [1.29, 1.82) is 0 Å². The Labute approximate surface area is 116 Å². The van der Waals surface area contributed by atoms with E-state index < -0.39 is 17.0 Å². The standard InChI is InChI=1S/C7H6ClNO4S.Na/c1-13-7(10)6-4(14(11)12)2-3-5(8)9-6;/h2-3H,1H3,(H,11,12);/q;+1/p-1. The predicted molar refractivity (Wildman–Crippen MR) is 47.8 cm³/mol. The summed E-state index contributed by atoms with van der Waals surface area (Å²) in [4.78, 5) is 14.4. The molecule has 0 spiro atoms. The number of halogens is 1. The Morgan fingerprint density at radius 3 is 2.67 bits per heavy atom. The monoisotopic (exact) mass is 257 g/mol. The molecule has 1 atom stereocenters. The third kappa shape index (κ3) is 3.82. The van der Waals surface area contributed by atoms with Crippen LogP contribution in [-0.4, -0.2) is 26.8 Å². The number of hydrogen-bond acceptors (Lipinski definition) is 5. The van der Waals surface area contributed by atoms with Crippen LogP contribution in [0.3, 0.4) is 0 Å². The van der Waals surface area contributed by atoms with Crippen LogP contribution in [0.1, 0.15) is 10.5 Å². The van der Waals surface area contributed by atoms with Crippen LogP contribution in [0.15, 0.2) is 17.0 Å². The third-order valence-corrected chi connectivity index (χ3v) is 2.28. The summed E-state index contributed by atoms with van der Waals surface area (Å²) >= 11 is 2.96. The molecule has 0 amide bonds. The second kappa shape index (κ2) is 6.57. The van der Waals surface area contributed by atoms with E-state index >= 15 is 0 Å². The zero-order chi connectivity index (χ0) is 10.7. The van der Waals surface area contributed by atoms with Gasteiger partial charge in [-0.1, -0.05) is 11.6 Å². The van der Waals surface area contributed by atoms with Crippen molar-refractivity contribution in [1.82, 2.24) is 4.98 Å². The van der Waals surface area contributed by atoms with E-state index in [1.54, 1.807) is 0 Å². The first kappa shape index (κ1) is 15.0. The van der Waals surface area contributed by atoms with Crippen LogP contribution in [0.2, 0.25) is 5.15 Å². The van der Waals surface area contributed by atoms with E-state index in [0.717, 1.165) is 7.11 Å². The minimum absolute atomic E-state index is 0. The maximum atomic E-state index is 11.1. The zero-order valence-electron chi connectivity index (χ0n) is 8.02. The summed E-state index contributed by atoms with van der Waals surface area (Å²) in [5.74, 6) is -0.841. The summed E-state index contributed by atoms with van der Waals surface area (Å²) in [6.45, 7) is 0. The van der Waals surface area contributed by atoms with Gasteiger partial charge in [0.2, 0.25) is 0 Å². The molecule has 0 saturated heterocycles. The van der Waals surface area contributed by atoms with E-state index in [1.165, 1.54) is 12.1 Å². The van der Waals surface area contributed by atoms with Gasteiger partial charge in [0.05, 0.1) is 12.0 Å². The summed E-state index contributed by atoms with van der Waals surface area (Å²) in [5, 5.41) is 0.0274. The first-order valence-electron chi connectivity index (χ1n) is 3.40. The summed E-state index contributed by atoms with van der Waals surface area (Å²) in [6, 6.07) is 2.46. The van der Waals surface area contributed by atoms with Gasteiger partial charge in [0, 0.05) is 0 Å². The maximum Gasteiger partial charge on any atom is 1.00 e. The smallest absolute Gasteiger partial charge is 0.768 e. The number of hydrogen-bond donors (Lipinski definition) is 0. The summed E-state index contributed by atoms with van der Waals surface area (Å²) in [5.41, 5.74) is -0.312. The van der Waals surface area contributed by atoms with Crippen molar-refractivity contribution in [3.8, 4) is 0 Å². The van der Waals surface area contributed by atoms with Crippen molar-refractivity contribution < 1.29 is 47.9 Å². The van der Waals surface area contributed by atoms with Crippen molar-refractivity contribution in [3.63, 3.8) is 0 Å². The predicted octanol–water partition coefficient (Wildman–Crippen LogP) is -2.24. The van der Waals surface area contributed by atoms with Gasteiger partial charge in [-0.2, -0.15) is 0 Å². The van der Waals surface area contributed by atoms with Crippen LogP contribution in [-0.2, 0) is 15.8 Å². The van der Waals surface area contributed by atoms with Crippen LogP contribution in [0, 0.1) is 0 Å². The Balaban J connectivity index is 0.00000196. The largest absolute Gasteiger partial charge is 1.00 e. The van der Waals surface area contributed by atoms with Gasteiger partial charge < -0.3 is 9.29 Å². The number of esters is 1. The minimum Gasteiger partial charge on any atom is -0.768 e. The molecule has 0 N–H and O–H groups in total. The van der Waals surface area contributed by atoms with Gasteiger partial charge in [0.25, 0.3) is 0 Å². The summed E-state index contributed by atoms with van der Waals surface area (Å²) in [7, 11) is 1.13. The van der Waals surface area contributed by atoms with E-state index in [9.17, 15) is 13.6 Å². The number of pyridine rings is 1. The molecule has 1 aromatic heterocycles. The zero-order valence-corrected chi connectivity index (χ0v) is 11.6. The maximum absolute atomic E-state index is 11.1. The van der Waals surface area contributed by atoms with E-state index in [0.29, 0.717) is 0 Å². The molecular weight excluding hydrogens is 253 g/mol. The van der Waals surface area contributed by atoms with Gasteiger partial charge in [-0.25, -0.2) is 9.78 Å². The molecule has 0 aliphatic rings. The van der Waals surface area contributed by atoms with Crippen molar-refractivity contribution in [2.24, 2.45) is 0 Å².